The zero-order valence-corrected chi connectivity index (χ0v) is 20.5. The standard InChI is InChI=1S/C26H42N2O3/c1-19(20-11-9-8-10-12-20)27-23(29)17-22(18-25(2,3)4)21-13-15-28(16-14-21)24(30)31-26(5,6)7/h8-12,19,21-22H,13-18H2,1-7H3,(H,27,29). The molecule has 5 nitrogen and oxygen atoms in total. The summed E-state index contributed by atoms with van der Waals surface area (Å²) >= 11 is 0. The zero-order valence-electron chi connectivity index (χ0n) is 20.5. The van der Waals surface area contributed by atoms with Crippen LogP contribution in [0.1, 0.15) is 85.8 Å². The molecule has 0 spiro atoms. The number of amides is 2. The third-order valence-corrected chi connectivity index (χ3v) is 5.86. The third-order valence-electron chi connectivity index (χ3n) is 5.86. The van der Waals surface area contributed by atoms with Gasteiger partial charge in [0.1, 0.15) is 5.60 Å². The molecule has 1 aromatic rings. The Hall–Kier alpha value is -2.04. The fraction of sp³-hybridized carbons (Fsp3) is 0.692. The van der Waals surface area contributed by atoms with Crippen molar-refractivity contribution < 1.29 is 14.3 Å². The van der Waals surface area contributed by atoms with E-state index in [0.717, 1.165) is 24.8 Å². The number of nitrogens with one attached hydrogen (secondary N) is 1. The van der Waals surface area contributed by atoms with Crippen molar-refractivity contribution in [1.29, 1.82) is 0 Å². The lowest BCUT2D eigenvalue weighted by atomic mass is 9.73. The molecule has 0 aliphatic carbocycles. The first-order valence-electron chi connectivity index (χ1n) is 11.7. The van der Waals surface area contributed by atoms with Crippen LogP contribution in [-0.4, -0.2) is 35.6 Å². The van der Waals surface area contributed by atoms with Gasteiger partial charge in [0.2, 0.25) is 5.91 Å². The van der Waals surface area contributed by atoms with Gasteiger partial charge in [-0.1, -0.05) is 51.1 Å². The van der Waals surface area contributed by atoms with Gasteiger partial charge in [0.05, 0.1) is 6.04 Å². The summed E-state index contributed by atoms with van der Waals surface area (Å²) in [5.74, 6) is 0.861. The number of benzene rings is 1. The van der Waals surface area contributed by atoms with Crippen LogP contribution in [-0.2, 0) is 9.53 Å². The fourth-order valence-corrected chi connectivity index (χ4v) is 4.44. The second-order valence-electron chi connectivity index (χ2n) is 11.2. The maximum absolute atomic E-state index is 12.9. The lowest BCUT2D eigenvalue weighted by molar-refractivity contribution is -0.123. The molecule has 2 amide bonds. The highest BCUT2D eigenvalue weighted by molar-refractivity contribution is 5.76. The van der Waals surface area contributed by atoms with Gasteiger partial charge < -0.3 is 15.0 Å². The van der Waals surface area contributed by atoms with Gasteiger partial charge in [-0.2, -0.15) is 0 Å². The van der Waals surface area contributed by atoms with Crippen LogP contribution in [0.3, 0.4) is 0 Å². The molecule has 2 rings (SSSR count). The summed E-state index contributed by atoms with van der Waals surface area (Å²) in [6.45, 7) is 15.8. The van der Waals surface area contributed by atoms with Gasteiger partial charge in [0.15, 0.2) is 0 Å². The van der Waals surface area contributed by atoms with Crippen LogP contribution in [0.25, 0.3) is 0 Å². The van der Waals surface area contributed by atoms with Gasteiger partial charge >= 0.3 is 6.09 Å². The summed E-state index contributed by atoms with van der Waals surface area (Å²) in [4.78, 5) is 27.1. The summed E-state index contributed by atoms with van der Waals surface area (Å²) < 4.78 is 5.53. The Morgan fingerprint density at radius 2 is 1.65 bits per heavy atom. The smallest absolute Gasteiger partial charge is 0.410 e. The first-order valence-corrected chi connectivity index (χ1v) is 11.7. The number of hydrogen-bond acceptors (Lipinski definition) is 3. The third kappa shape index (κ3) is 8.92. The fourth-order valence-electron chi connectivity index (χ4n) is 4.44. The van der Waals surface area contributed by atoms with E-state index in [0.29, 0.717) is 31.3 Å². The van der Waals surface area contributed by atoms with Gasteiger partial charge in [0.25, 0.3) is 0 Å². The van der Waals surface area contributed by atoms with E-state index in [9.17, 15) is 9.59 Å². The quantitative estimate of drug-likeness (QED) is 0.606. The lowest BCUT2D eigenvalue weighted by Crippen LogP contribution is -2.43. The minimum absolute atomic E-state index is 0.00185. The molecule has 1 aliphatic heterocycles. The van der Waals surface area contributed by atoms with E-state index in [-0.39, 0.29) is 23.5 Å². The molecule has 2 atom stereocenters. The van der Waals surface area contributed by atoms with Crippen molar-refractivity contribution in [3.8, 4) is 0 Å². The van der Waals surface area contributed by atoms with E-state index in [1.807, 2.05) is 62.9 Å². The van der Waals surface area contributed by atoms with Crippen LogP contribution in [0, 0.1) is 17.3 Å². The van der Waals surface area contributed by atoms with Crippen molar-refractivity contribution in [2.45, 2.75) is 85.8 Å². The number of carbonyl (C=O) groups excluding carboxylic acids is 2. The highest BCUT2D eigenvalue weighted by atomic mass is 16.6. The maximum atomic E-state index is 12.9. The lowest BCUT2D eigenvalue weighted by Gasteiger charge is -2.38. The maximum Gasteiger partial charge on any atom is 0.410 e. The minimum atomic E-state index is -0.476. The average molecular weight is 431 g/mol. The van der Waals surface area contributed by atoms with E-state index in [1.54, 1.807) is 0 Å². The highest BCUT2D eigenvalue weighted by Crippen LogP contribution is 2.36. The van der Waals surface area contributed by atoms with Crippen molar-refractivity contribution in [2.75, 3.05) is 13.1 Å². The van der Waals surface area contributed by atoms with Crippen molar-refractivity contribution >= 4 is 12.0 Å². The monoisotopic (exact) mass is 430 g/mol. The number of likely N-dealkylation sites (tertiary alicyclic amines) is 1. The largest absolute Gasteiger partial charge is 0.444 e. The van der Waals surface area contributed by atoms with Crippen LogP contribution in [0.5, 0.6) is 0 Å². The molecule has 174 valence electrons. The highest BCUT2D eigenvalue weighted by Gasteiger charge is 2.33. The molecule has 0 bridgehead atoms. The number of ether oxygens (including phenoxy) is 1. The molecule has 1 aliphatic rings. The van der Waals surface area contributed by atoms with Crippen LogP contribution in [0.2, 0.25) is 0 Å². The molecule has 2 unspecified atom stereocenters. The Kier molecular flexibility index (Phi) is 8.56. The SMILES string of the molecule is CC(NC(=O)CC(CC(C)(C)C)C1CCN(C(=O)OC(C)(C)C)CC1)c1ccccc1. The van der Waals surface area contributed by atoms with Crippen molar-refractivity contribution in [1.82, 2.24) is 10.2 Å². The van der Waals surface area contributed by atoms with E-state index in [4.69, 9.17) is 4.74 Å². The Labute approximate surface area is 188 Å². The number of rotatable bonds is 6. The molecule has 5 heteroatoms. The van der Waals surface area contributed by atoms with E-state index in [1.165, 1.54) is 0 Å². The molecule has 0 aromatic heterocycles. The number of carbonyl (C=O) groups is 2. The summed E-state index contributed by atoms with van der Waals surface area (Å²) in [5.41, 5.74) is 0.794. The zero-order chi connectivity index (χ0) is 23.2. The van der Waals surface area contributed by atoms with Crippen LogP contribution < -0.4 is 5.32 Å². The van der Waals surface area contributed by atoms with E-state index >= 15 is 0 Å². The van der Waals surface area contributed by atoms with Crippen LogP contribution in [0.4, 0.5) is 4.79 Å². The number of hydrogen-bond donors (Lipinski definition) is 1. The topological polar surface area (TPSA) is 58.6 Å². The second-order valence-corrected chi connectivity index (χ2v) is 11.2. The van der Waals surface area contributed by atoms with Crippen molar-refractivity contribution in [3.63, 3.8) is 0 Å². The molecular weight excluding hydrogens is 388 g/mol. The van der Waals surface area contributed by atoms with Gasteiger partial charge in [0, 0.05) is 19.5 Å². The summed E-state index contributed by atoms with van der Waals surface area (Å²) in [5, 5.41) is 3.18. The molecule has 31 heavy (non-hydrogen) atoms. The van der Waals surface area contributed by atoms with Gasteiger partial charge in [-0.3, -0.25) is 4.79 Å². The number of piperidine rings is 1. The summed E-state index contributed by atoms with van der Waals surface area (Å²) in [6.07, 6.45) is 3.14. The van der Waals surface area contributed by atoms with Crippen LogP contribution >= 0.6 is 0 Å². The molecule has 0 radical (unpaired) electrons. The molecular formula is C26H42N2O3. The van der Waals surface area contributed by atoms with Gasteiger partial charge in [-0.05, 0) is 69.8 Å². The molecule has 1 saturated heterocycles. The Morgan fingerprint density at radius 3 is 2.16 bits per heavy atom. The molecule has 1 aromatic carbocycles. The predicted molar refractivity (Wildman–Crippen MR) is 126 cm³/mol. The van der Waals surface area contributed by atoms with Crippen molar-refractivity contribution in [2.24, 2.45) is 17.3 Å². The predicted octanol–water partition coefficient (Wildman–Crippen LogP) is 5.95. The Morgan fingerprint density at radius 1 is 1.06 bits per heavy atom. The van der Waals surface area contributed by atoms with Gasteiger partial charge in [-0.15, -0.1) is 0 Å². The van der Waals surface area contributed by atoms with Gasteiger partial charge in [-0.25, -0.2) is 4.79 Å². The molecule has 0 saturated carbocycles. The summed E-state index contributed by atoms with van der Waals surface area (Å²) in [7, 11) is 0. The van der Waals surface area contributed by atoms with E-state index < -0.39 is 5.60 Å². The minimum Gasteiger partial charge on any atom is -0.444 e. The second kappa shape index (κ2) is 10.5. The molecule has 1 fully saturated rings. The molecule has 1 N–H and O–H groups in total. The molecule has 1 heterocycles. The van der Waals surface area contributed by atoms with Crippen molar-refractivity contribution in [3.05, 3.63) is 35.9 Å². The summed E-state index contributed by atoms with van der Waals surface area (Å²) in [6, 6.07) is 10.1. The normalized spacial score (nSPS) is 17.7. The Bertz CT molecular complexity index is 710. The van der Waals surface area contributed by atoms with E-state index in [2.05, 4.69) is 26.1 Å². The van der Waals surface area contributed by atoms with Crippen LogP contribution in [0.15, 0.2) is 30.3 Å². The Balaban J connectivity index is 1.96. The first-order chi connectivity index (χ1) is 14.3. The number of nitrogens with zero attached hydrogens (tertiary/aromatic N) is 1. The first kappa shape index (κ1) is 25.2. The average Bonchev–Trinajstić information content (AvgIpc) is 2.66.